The Morgan fingerprint density at radius 2 is 1.32 bits per heavy atom. The van der Waals surface area contributed by atoms with Crippen molar-refractivity contribution in [1.29, 1.82) is 0 Å². The van der Waals surface area contributed by atoms with Gasteiger partial charge in [0.2, 0.25) is 11.8 Å². The van der Waals surface area contributed by atoms with E-state index in [-0.39, 0.29) is 30.2 Å². The van der Waals surface area contributed by atoms with Crippen molar-refractivity contribution >= 4 is 47.5 Å². The normalized spacial score (nSPS) is 19.0. The predicted molar refractivity (Wildman–Crippen MR) is 192 cm³/mol. The summed E-state index contributed by atoms with van der Waals surface area (Å²) in [4.78, 5) is 87.3. The number of carbonyl (C=O) groups is 7. The summed E-state index contributed by atoms with van der Waals surface area (Å²) in [5, 5.41) is 31.2. The lowest BCUT2D eigenvalue weighted by Gasteiger charge is -2.37. The monoisotopic (exact) mass is 740 g/mol. The zero-order valence-corrected chi connectivity index (χ0v) is 29.7. The Morgan fingerprint density at radius 1 is 0.774 bits per heavy atom. The highest BCUT2D eigenvalue weighted by Crippen LogP contribution is 2.35. The Morgan fingerprint density at radius 3 is 1.79 bits per heavy atom. The van der Waals surface area contributed by atoms with Crippen molar-refractivity contribution in [1.82, 2.24) is 14.8 Å². The molecule has 1 aromatic heterocycles. The Kier molecular flexibility index (Phi) is 19.5. The van der Waals surface area contributed by atoms with Gasteiger partial charge in [0.25, 0.3) is 0 Å². The van der Waals surface area contributed by atoms with Crippen LogP contribution < -0.4 is 4.90 Å². The minimum absolute atomic E-state index is 0.112. The number of aliphatic carboxylic acids is 4. The summed E-state index contributed by atoms with van der Waals surface area (Å²) >= 11 is 0. The maximum atomic E-state index is 13.1. The molecule has 16 heteroatoms. The van der Waals surface area contributed by atoms with Gasteiger partial charge in [-0.2, -0.15) is 0 Å². The Balaban J connectivity index is 0.000000506. The van der Waals surface area contributed by atoms with Crippen molar-refractivity contribution in [3.05, 3.63) is 73.0 Å². The van der Waals surface area contributed by atoms with Gasteiger partial charge in [-0.05, 0) is 37.8 Å². The van der Waals surface area contributed by atoms with E-state index in [9.17, 15) is 33.6 Å². The largest absolute Gasteiger partial charge is 0.478 e. The summed E-state index contributed by atoms with van der Waals surface area (Å²) in [7, 11) is 0. The lowest BCUT2D eigenvalue weighted by molar-refractivity contribution is -0.151. The number of carbonyl (C=O) groups excluding carboxylic acids is 3. The van der Waals surface area contributed by atoms with Crippen LogP contribution >= 0.6 is 0 Å². The number of carboxylic acid groups (broad SMARTS) is 4. The molecule has 2 aliphatic heterocycles. The van der Waals surface area contributed by atoms with Gasteiger partial charge in [-0.3, -0.25) is 19.4 Å². The van der Waals surface area contributed by atoms with E-state index in [1.165, 1.54) is 23.8 Å². The van der Waals surface area contributed by atoms with E-state index in [1.807, 2.05) is 36.4 Å². The van der Waals surface area contributed by atoms with Gasteiger partial charge in [0.1, 0.15) is 11.9 Å². The van der Waals surface area contributed by atoms with Gasteiger partial charge < -0.3 is 30.1 Å². The number of allylic oxidation sites excluding steroid dienone is 3. The number of amides is 2. The van der Waals surface area contributed by atoms with E-state index in [2.05, 4.69) is 21.7 Å². The third-order valence-corrected chi connectivity index (χ3v) is 8.29. The number of hydrogen-bond donors (Lipinski definition) is 4. The minimum atomic E-state index is -1.26. The highest BCUT2D eigenvalue weighted by molar-refractivity contribution is 6.05. The fraction of sp³-hybridized carbons (Fsp3) is 0.459. The first-order valence-corrected chi connectivity index (χ1v) is 17.4. The molecule has 0 saturated carbocycles. The second-order valence-electron chi connectivity index (χ2n) is 12.2. The molecule has 16 nitrogen and oxygen atoms in total. The van der Waals surface area contributed by atoms with E-state index >= 15 is 0 Å². The van der Waals surface area contributed by atoms with Gasteiger partial charge >= 0.3 is 29.8 Å². The molecule has 0 spiro atoms. The van der Waals surface area contributed by atoms with Crippen molar-refractivity contribution < 1.29 is 58.7 Å². The smallest absolute Gasteiger partial charge is 0.330 e. The molecule has 53 heavy (non-hydrogen) atoms. The average molecular weight is 741 g/mol. The lowest BCUT2D eigenvalue weighted by atomic mass is 9.85. The first-order chi connectivity index (χ1) is 25.3. The highest BCUT2D eigenvalue weighted by Gasteiger charge is 2.48. The number of anilines is 1. The van der Waals surface area contributed by atoms with Gasteiger partial charge in [-0.1, -0.05) is 50.5 Å². The van der Waals surface area contributed by atoms with Crippen molar-refractivity contribution in [2.24, 2.45) is 11.8 Å². The molecular weight excluding hydrogens is 692 g/mol. The Hall–Kier alpha value is -5.64. The van der Waals surface area contributed by atoms with Crippen LogP contribution in [0.25, 0.3) is 0 Å². The Bertz CT molecular complexity index is 1420. The van der Waals surface area contributed by atoms with Gasteiger partial charge in [0, 0.05) is 69.3 Å². The van der Waals surface area contributed by atoms with Crippen molar-refractivity contribution in [3.63, 3.8) is 0 Å². The molecule has 288 valence electrons. The fourth-order valence-corrected chi connectivity index (χ4v) is 5.73. The number of fused-ring (bicyclic) bond motifs is 1. The molecule has 4 rings (SSSR count). The first-order valence-electron chi connectivity index (χ1n) is 17.4. The van der Waals surface area contributed by atoms with E-state index in [4.69, 9.17) is 25.2 Å². The molecule has 0 aromatic carbocycles. The first kappa shape index (κ1) is 43.5. The highest BCUT2D eigenvalue weighted by atomic mass is 16.5. The summed E-state index contributed by atoms with van der Waals surface area (Å²) in [5.74, 6) is -5.31. The van der Waals surface area contributed by atoms with Crippen LogP contribution in [0.5, 0.6) is 0 Å². The number of likely N-dealkylation sites (tertiary alicyclic amines) is 1. The van der Waals surface area contributed by atoms with Crippen LogP contribution in [0.2, 0.25) is 0 Å². The number of imide groups is 1. The van der Waals surface area contributed by atoms with E-state index < -0.39 is 36.0 Å². The molecule has 2 saturated heterocycles. The molecule has 3 atom stereocenters. The zero-order chi connectivity index (χ0) is 39.2. The molecule has 4 N–H and O–H groups in total. The van der Waals surface area contributed by atoms with Crippen LogP contribution in [0.4, 0.5) is 5.82 Å². The van der Waals surface area contributed by atoms with Gasteiger partial charge in [-0.25, -0.2) is 29.0 Å². The number of carboxylic acids is 4. The number of hydrogen-bond acceptors (Lipinski definition) is 11. The molecule has 0 radical (unpaired) electrons. The predicted octanol–water partition coefficient (Wildman–Crippen LogP) is 3.02. The summed E-state index contributed by atoms with van der Waals surface area (Å²) in [6.45, 7) is 5.97. The summed E-state index contributed by atoms with van der Waals surface area (Å²) < 4.78 is 5.85. The van der Waals surface area contributed by atoms with Crippen LogP contribution in [-0.2, 0) is 38.3 Å². The molecular formula is C37H48N4O12. The molecule has 0 bridgehead atoms. The van der Waals surface area contributed by atoms with Gasteiger partial charge in [-0.15, -0.1) is 0 Å². The zero-order valence-electron chi connectivity index (χ0n) is 29.7. The number of pyridine rings is 1. The number of nitrogens with zero attached hydrogens (tertiary/aromatic N) is 4. The molecule has 2 amide bonds. The van der Waals surface area contributed by atoms with Gasteiger partial charge in [0.05, 0.1) is 18.4 Å². The quantitative estimate of drug-likeness (QED) is 0.0627. The van der Waals surface area contributed by atoms with E-state index in [0.29, 0.717) is 43.7 Å². The average Bonchev–Trinajstić information content (AvgIpc) is 3.37. The van der Waals surface area contributed by atoms with Crippen LogP contribution in [0.3, 0.4) is 0 Å². The molecule has 3 unspecified atom stereocenters. The van der Waals surface area contributed by atoms with Crippen LogP contribution in [0.15, 0.2) is 73.0 Å². The summed E-state index contributed by atoms with van der Waals surface area (Å²) in [6.07, 6.45) is 17.4. The third-order valence-electron chi connectivity index (χ3n) is 8.29. The number of rotatable bonds is 16. The third kappa shape index (κ3) is 17.0. The summed E-state index contributed by atoms with van der Waals surface area (Å²) in [6, 6.07) is 5.90. The van der Waals surface area contributed by atoms with Crippen molar-refractivity contribution in [2.45, 2.75) is 58.0 Å². The summed E-state index contributed by atoms with van der Waals surface area (Å²) in [5.41, 5.74) is 0. The maximum absolute atomic E-state index is 13.1. The number of unbranched alkanes of at least 4 members (excludes halogenated alkanes) is 4. The van der Waals surface area contributed by atoms with Crippen molar-refractivity contribution in [3.8, 4) is 0 Å². The van der Waals surface area contributed by atoms with Crippen LogP contribution in [0.1, 0.15) is 51.9 Å². The molecule has 3 aliphatic rings. The molecule has 2 fully saturated rings. The van der Waals surface area contributed by atoms with Crippen LogP contribution in [-0.4, -0.2) is 122 Å². The van der Waals surface area contributed by atoms with Crippen molar-refractivity contribution in [2.75, 3.05) is 44.2 Å². The van der Waals surface area contributed by atoms with Gasteiger partial charge in [0.15, 0.2) is 0 Å². The molecule has 3 heterocycles. The number of ether oxygens (including phenoxy) is 1. The lowest BCUT2D eigenvalue weighted by Crippen LogP contribution is -2.51. The molecule has 1 aliphatic carbocycles. The number of piperazine rings is 1. The number of aromatic nitrogens is 1. The second kappa shape index (κ2) is 23.8. The Labute approximate surface area is 307 Å². The second-order valence-corrected chi connectivity index (χ2v) is 12.2. The van der Waals surface area contributed by atoms with Crippen LogP contribution in [0, 0.1) is 11.8 Å². The molecule has 1 aromatic rings. The minimum Gasteiger partial charge on any atom is -0.478 e. The van der Waals surface area contributed by atoms with E-state index in [0.717, 1.165) is 51.3 Å². The SMILES string of the molecule is CCCCCC/C=C/C(=O)OC(CN1CCN(c2ccccn2)CC1)CN1C(=O)C2CC=CCC2C1=O.O=C(O)/C=C\C(=O)O.O=C(O)/C=C\C(=O)O. The maximum Gasteiger partial charge on any atom is 0.330 e. The van der Waals surface area contributed by atoms with E-state index in [1.54, 1.807) is 6.20 Å². The standard InChI is InChI=1S/C29H40N4O4.2C4H4O4/c1-2-3-4-5-6-7-15-27(34)37-23(22-33-28(35)24-12-8-9-13-25(24)29(33)36)21-31-17-19-32(20-18-31)26-14-10-11-16-30-26;2*5-3(6)1-2-4(7)8/h7-11,14-16,23-25H,2-6,12-13,17-22H2,1H3;2*1-2H,(H,5,6)(H,7,8)/b15-7+;2*2-1-. The number of esters is 1. The topological polar surface area (TPSA) is 232 Å². The fourth-order valence-electron chi connectivity index (χ4n) is 5.73.